The van der Waals surface area contributed by atoms with Gasteiger partial charge in [0.15, 0.2) is 0 Å². The third-order valence-corrected chi connectivity index (χ3v) is 5.41. The Kier molecular flexibility index (Phi) is 6.23. The molecule has 0 fully saturated rings. The molecule has 0 saturated carbocycles. The molecule has 0 saturated heterocycles. The van der Waals surface area contributed by atoms with Crippen molar-refractivity contribution in [1.82, 2.24) is 4.31 Å². The highest BCUT2D eigenvalue weighted by Crippen LogP contribution is 2.19. The molecule has 0 atom stereocenters. The van der Waals surface area contributed by atoms with Crippen LogP contribution in [0.4, 0.5) is 0 Å². The van der Waals surface area contributed by atoms with E-state index in [9.17, 15) is 8.42 Å². The fourth-order valence-electron chi connectivity index (χ4n) is 2.10. The highest BCUT2D eigenvalue weighted by atomic mass is 32.2. The predicted molar refractivity (Wildman–Crippen MR) is 94.1 cm³/mol. The van der Waals surface area contributed by atoms with Crippen molar-refractivity contribution in [3.8, 4) is 11.5 Å². The van der Waals surface area contributed by atoms with Gasteiger partial charge < -0.3 is 9.47 Å². The average molecular weight is 349 g/mol. The van der Waals surface area contributed by atoms with Crippen LogP contribution in [0.3, 0.4) is 0 Å². The van der Waals surface area contributed by atoms with Crippen LogP contribution in [0.5, 0.6) is 11.5 Å². The second-order valence-electron chi connectivity index (χ2n) is 5.39. The standard InChI is InChI=1S/C18H23NO4S/c1-4-22-16-9-11-18(12-10-16)24(20,21)19(3)13-14-23-17-7-5-15(2)6-8-17/h5-12H,4,13-14H2,1-3H3. The van der Waals surface area contributed by atoms with E-state index < -0.39 is 10.0 Å². The van der Waals surface area contributed by atoms with Crippen LogP contribution < -0.4 is 9.47 Å². The van der Waals surface area contributed by atoms with Crippen molar-refractivity contribution in [3.05, 3.63) is 54.1 Å². The van der Waals surface area contributed by atoms with Crippen LogP contribution in [0.25, 0.3) is 0 Å². The normalized spacial score (nSPS) is 11.5. The summed E-state index contributed by atoms with van der Waals surface area (Å²) < 4.78 is 37.2. The minimum absolute atomic E-state index is 0.240. The zero-order valence-electron chi connectivity index (χ0n) is 14.2. The Morgan fingerprint density at radius 2 is 1.46 bits per heavy atom. The molecule has 2 rings (SSSR count). The number of ether oxygens (including phenoxy) is 2. The van der Waals surface area contributed by atoms with Gasteiger partial charge in [0.25, 0.3) is 0 Å². The Labute approximate surface area is 143 Å². The Balaban J connectivity index is 1.94. The molecule has 0 unspecified atom stereocenters. The first-order valence-corrected chi connectivity index (χ1v) is 9.26. The molecule has 0 radical (unpaired) electrons. The number of sulfonamides is 1. The van der Waals surface area contributed by atoms with E-state index in [-0.39, 0.29) is 18.0 Å². The van der Waals surface area contributed by atoms with Crippen LogP contribution in [0.15, 0.2) is 53.4 Å². The maximum Gasteiger partial charge on any atom is 0.242 e. The first kappa shape index (κ1) is 18.3. The lowest BCUT2D eigenvalue weighted by molar-refractivity contribution is 0.287. The van der Waals surface area contributed by atoms with Gasteiger partial charge in [0.2, 0.25) is 10.0 Å². The topological polar surface area (TPSA) is 55.8 Å². The first-order valence-electron chi connectivity index (χ1n) is 7.82. The van der Waals surface area contributed by atoms with Gasteiger partial charge in [0, 0.05) is 13.6 Å². The molecule has 0 aliphatic rings. The molecule has 0 spiro atoms. The maximum atomic E-state index is 12.5. The molecule has 0 N–H and O–H groups in total. The summed E-state index contributed by atoms with van der Waals surface area (Å²) in [6.07, 6.45) is 0. The van der Waals surface area contributed by atoms with Crippen molar-refractivity contribution in [2.45, 2.75) is 18.7 Å². The molecule has 130 valence electrons. The van der Waals surface area contributed by atoms with Gasteiger partial charge in [0.05, 0.1) is 11.5 Å². The van der Waals surface area contributed by atoms with Gasteiger partial charge in [-0.3, -0.25) is 0 Å². The van der Waals surface area contributed by atoms with E-state index >= 15 is 0 Å². The van der Waals surface area contributed by atoms with E-state index in [0.29, 0.717) is 12.4 Å². The van der Waals surface area contributed by atoms with Gasteiger partial charge in [-0.05, 0) is 50.2 Å². The number of aryl methyl sites for hydroxylation is 1. The summed E-state index contributed by atoms with van der Waals surface area (Å²) in [5.74, 6) is 1.38. The zero-order valence-corrected chi connectivity index (χ0v) is 15.0. The van der Waals surface area contributed by atoms with E-state index in [1.807, 2.05) is 38.1 Å². The molecule has 0 heterocycles. The number of nitrogens with zero attached hydrogens (tertiary/aromatic N) is 1. The molecular formula is C18H23NO4S. The molecule has 0 aliphatic heterocycles. The number of likely N-dealkylation sites (N-methyl/N-ethyl adjacent to an activating group) is 1. The second-order valence-corrected chi connectivity index (χ2v) is 7.44. The Morgan fingerprint density at radius 1 is 0.917 bits per heavy atom. The summed E-state index contributed by atoms with van der Waals surface area (Å²) in [5.41, 5.74) is 1.15. The quantitative estimate of drug-likeness (QED) is 0.735. The second kappa shape index (κ2) is 8.17. The summed E-state index contributed by atoms with van der Waals surface area (Å²) in [6, 6.07) is 14.1. The van der Waals surface area contributed by atoms with Crippen LogP contribution in [-0.2, 0) is 10.0 Å². The van der Waals surface area contributed by atoms with Gasteiger partial charge in [-0.25, -0.2) is 8.42 Å². The van der Waals surface area contributed by atoms with Gasteiger partial charge in [-0.1, -0.05) is 17.7 Å². The summed E-state index contributed by atoms with van der Waals surface area (Å²) in [4.78, 5) is 0.240. The Bertz CT molecular complexity index is 740. The summed E-state index contributed by atoms with van der Waals surface area (Å²) in [6.45, 7) is 4.98. The minimum atomic E-state index is -3.53. The molecule has 5 nitrogen and oxygen atoms in total. The molecule has 2 aromatic rings. The predicted octanol–water partition coefficient (Wildman–Crippen LogP) is 3.09. The van der Waals surface area contributed by atoms with Crippen LogP contribution in [-0.4, -0.2) is 39.5 Å². The fraction of sp³-hybridized carbons (Fsp3) is 0.333. The van der Waals surface area contributed by atoms with Gasteiger partial charge in [-0.15, -0.1) is 0 Å². The molecule has 6 heteroatoms. The fourth-order valence-corrected chi connectivity index (χ4v) is 3.26. The highest BCUT2D eigenvalue weighted by Gasteiger charge is 2.20. The SMILES string of the molecule is CCOc1ccc(S(=O)(=O)N(C)CCOc2ccc(C)cc2)cc1. The number of benzene rings is 2. The Morgan fingerprint density at radius 3 is 2.04 bits per heavy atom. The lowest BCUT2D eigenvalue weighted by atomic mass is 10.2. The third-order valence-electron chi connectivity index (χ3n) is 3.54. The first-order chi connectivity index (χ1) is 11.4. The summed E-state index contributed by atoms with van der Waals surface area (Å²) in [7, 11) is -1.99. The number of hydrogen-bond acceptors (Lipinski definition) is 4. The van der Waals surface area contributed by atoms with Crippen molar-refractivity contribution in [3.63, 3.8) is 0 Å². The van der Waals surface area contributed by atoms with Gasteiger partial charge in [-0.2, -0.15) is 4.31 Å². The van der Waals surface area contributed by atoms with E-state index in [4.69, 9.17) is 9.47 Å². The van der Waals surface area contributed by atoms with Crippen molar-refractivity contribution >= 4 is 10.0 Å². The van der Waals surface area contributed by atoms with Crippen molar-refractivity contribution < 1.29 is 17.9 Å². The smallest absolute Gasteiger partial charge is 0.242 e. The minimum Gasteiger partial charge on any atom is -0.494 e. The van der Waals surface area contributed by atoms with Gasteiger partial charge >= 0.3 is 0 Å². The number of rotatable bonds is 8. The van der Waals surface area contributed by atoms with Crippen molar-refractivity contribution in [2.24, 2.45) is 0 Å². The van der Waals surface area contributed by atoms with Crippen LogP contribution in [0.2, 0.25) is 0 Å². The maximum absolute atomic E-state index is 12.5. The van der Waals surface area contributed by atoms with Crippen molar-refractivity contribution in [2.75, 3.05) is 26.8 Å². The lowest BCUT2D eigenvalue weighted by Gasteiger charge is -2.17. The monoisotopic (exact) mass is 349 g/mol. The molecule has 0 bridgehead atoms. The molecule has 0 aliphatic carbocycles. The average Bonchev–Trinajstić information content (AvgIpc) is 2.57. The molecule has 2 aromatic carbocycles. The number of hydrogen-bond donors (Lipinski definition) is 0. The summed E-state index contributed by atoms with van der Waals surface area (Å²) in [5, 5.41) is 0. The van der Waals surface area contributed by atoms with Crippen LogP contribution in [0.1, 0.15) is 12.5 Å². The van der Waals surface area contributed by atoms with E-state index in [1.54, 1.807) is 31.3 Å². The molecule has 0 aromatic heterocycles. The third kappa shape index (κ3) is 4.72. The molecular weight excluding hydrogens is 326 g/mol. The van der Waals surface area contributed by atoms with Crippen molar-refractivity contribution in [1.29, 1.82) is 0 Å². The molecule has 0 amide bonds. The largest absolute Gasteiger partial charge is 0.494 e. The molecule has 24 heavy (non-hydrogen) atoms. The van der Waals surface area contributed by atoms with E-state index in [0.717, 1.165) is 11.3 Å². The van der Waals surface area contributed by atoms with E-state index in [2.05, 4.69) is 0 Å². The zero-order chi connectivity index (χ0) is 17.6. The lowest BCUT2D eigenvalue weighted by Crippen LogP contribution is -2.31. The van der Waals surface area contributed by atoms with Crippen LogP contribution >= 0.6 is 0 Å². The van der Waals surface area contributed by atoms with Gasteiger partial charge in [0.1, 0.15) is 18.1 Å². The van der Waals surface area contributed by atoms with E-state index in [1.165, 1.54) is 4.31 Å². The van der Waals surface area contributed by atoms with Crippen LogP contribution in [0, 0.1) is 6.92 Å². The summed E-state index contributed by atoms with van der Waals surface area (Å²) >= 11 is 0. The highest BCUT2D eigenvalue weighted by molar-refractivity contribution is 7.89. The Hall–Kier alpha value is -2.05.